The van der Waals surface area contributed by atoms with Crippen LogP contribution in [0.25, 0.3) is 0 Å². The van der Waals surface area contributed by atoms with Gasteiger partial charge < -0.3 is 11.1 Å². The van der Waals surface area contributed by atoms with Crippen LogP contribution in [0.4, 0.5) is 5.69 Å². The summed E-state index contributed by atoms with van der Waals surface area (Å²) in [7, 11) is 0. The van der Waals surface area contributed by atoms with Gasteiger partial charge in [0.05, 0.1) is 0 Å². The Kier molecular flexibility index (Phi) is 5.45. The van der Waals surface area contributed by atoms with E-state index in [0.29, 0.717) is 18.4 Å². The van der Waals surface area contributed by atoms with Crippen molar-refractivity contribution < 1.29 is 4.79 Å². The number of nitrogens with two attached hydrogens (primary N) is 1. The second-order valence-electron chi connectivity index (χ2n) is 6.00. The van der Waals surface area contributed by atoms with Crippen LogP contribution < -0.4 is 11.1 Å². The number of amides is 1. The number of nitrogens with one attached hydrogen (secondary N) is 1. The fourth-order valence-electron chi connectivity index (χ4n) is 3.08. The molecule has 1 saturated carbocycles. The minimum atomic E-state index is 0.158. The van der Waals surface area contributed by atoms with Crippen LogP contribution in [0, 0.1) is 5.92 Å². The van der Waals surface area contributed by atoms with Gasteiger partial charge in [-0.05, 0) is 49.8 Å². The summed E-state index contributed by atoms with van der Waals surface area (Å²) in [5.74, 6) is 0.825. The van der Waals surface area contributed by atoms with Gasteiger partial charge in [-0.15, -0.1) is 0 Å². The van der Waals surface area contributed by atoms with Gasteiger partial charge in [0, 0.05) is 18.2 Å². The van der Waals surface area contributed by atoms with E-state index in [0.717, 1.165) is 17.7 Å². The summed E-state index contributed by atoms with van der Waals surface area (Å²) < 4.78 is 0. The fourth-order valence-corrected chi connectivity index (χ4v) is 3.08. The van der Waals surface area contributed by atoms with Gasteiger partial charge in [0.15, 0.2) is 0 Å². The van der Waals surface area contributed by atoms with E-state index >= 15 is 0 Å². The van der Waals surface area contributed by atoms with Crippen molar-refractivity contribution in [2.24, 2.45) is 5.92 Å². The van der Waals surface area contributed by atoms with E-state index in [1.165, 1.54) is 32.1 Å². The molecule has 0 saturated heterocycles. The van der Waals surface area contributed by atoms with Crippen molar-refractivity contribution in [1.29, 1.82) is 0 Å². The number of benzene rings is 1. The van der Waals surface area contributed by atoms with Crippen LogP contribution in [0.2, 0.25) is 0 Å². The average Bonchev–Trinajstić information content (AvgIpc) is 2.46. The third-order valence-corrected chi connectivity index (χ3v) is 4.34. The lowest BCUT2D eigenvalue weighted by molar-refractivity contribution is -0.122. The molecular formula is C17H26N2O. The summed E-state index contributed by atoms with van der Waals surface area (Å²) in [6, 6.07) is 8.08. The molecule has 3 N–H and O–H groups in total. The van der Waals surface area contributed by atoms with E-state index in [4.69, 9.17) is 5.73 Å². The molecule has 20 heavy (non-hydrogen) atoms. The fraction of sp³-hybridized carbons (Fsp3) is 0.588. The molecule has 0 aromatic heterocycles. The maximum absolute atomic E-state index is 12.0. The van der Waals surface area contributed by atoms with E-state index in [1.807, 2.05) is 24.3 Å². The van der Waals surface area contributed by atoms with Crippen LogP contribution in [-0.2, 0) is 11.2 Å². The maximum Gasteiger partial charge on any atom is 0.220 e. The SMILES string of the molecule is C[C@@H](NC(=O)CCc1cccc(N)c1)C1CCCCC1. The van der Waals surface area contributed by atoms with Gasteiger partial charge in [-0.25, -0.2) is 0 Å². The van der Waals surface area contributed by atoms with Gasteiger partial charge in [-0.3, -0.25) is 4.79 Å². The first-order valence-corrected chi connectivity index (χ1v) is 7.79. The number of carbonyl (C=O) groups is 1. The highest BCUT2D eigenvalue weighted by Crippen LogP contribution is 2.26. The van der Waals surface area contributed by atoms with Crippen LogP contribution in [0.5, 0.6) is 0 Å². The Morgan fingerprint density at radius 2 is 2.10 bits per heavy atom. The van der Waals surface area contributed by atoms with E-state index in [2.05, 4.69) is 12.2 Å². The molecule has 3 heteroatoms. The summed E-state index contributed by atoms with van der Waals surface area (Å²) in [6.45, 7) is 2.15. The first kappa shape index (κ1) is 14.9. The first-order chi connectivity index (χ1) is 9.65. The second-order valence-corrected chi connectivity index (χ2v) is 6.00. The zero-order chi connectivity index (χ0) is 14.4. The highest BCUT2D eigenvalue weighted by molar-refractivity contribution is 5.76. The zero-order valence-corrected chi connectivity index (χ0v) is 12.4. The standard InChI is InChI=1S/C17H26N2O/c1-13(15-7-3-2-4-8-15)19-17(20)11-10-14-6-5-9-16(18)12-14/h5-6,9,12-13,15H,2-4,7-8,10-11,18H2,1H3,(H,19,20)/t13-/m1/s1. The number of rotatable bonds is 5. The van der Waals surface area contributed by atoms with Gasteiger partial charge in [0.25, 0.3) is 0 Å². The molecule has 1 fully saturated rings. The molecule has 0 unspecified atom stereocenters. The molecule has 0 bridgehead atoms. The summed E-state index contributed by atoms with van der Waals surface area (Å²) in [5, 5.41) is 3.16. The Balaban J connectivity index is 1.74. The highest BCUT2D eigenvalue weighted by atomic mass is 16.1. The number of aryl methyl sites for hydroxylation is 1. The Labute approximate surface area is 121 Å². The van der Waals surface area contributed by atoms with Crippen LogP contribution in [0.15, 0.2) is 24.3 Å². The molecule has 0 heterocycles. The normalized spacial score (nSPS) is 17.6. The maximum atomic E-state index is 12.0. The van der Waals surface area contributed by atoms with Crippen molar-refractivity contribution in [1.82, 2.24) is 5.32 Å². The van der Waals surface area contributed by atoms with Crippen molar-refractivity contribution in [3.05, 3.63) is 29.8 Å². The summed E-state index contributed by atoms with van der Waals surface area (Å²) in [5.41, 5.74) is 7.64. The van der Waals surface area contributed by atoms with E-state index in [-0.39, 0.29) is 5.91 Å². The number of anilines is 1. The van der Waals surface area contributed by atoms with Gasteiger partial charge in [-0.1, -0.05) is 31.4 Å². The lowest BCUT2D eigenvalue weighted by Gasteiger charge is -2.28. The van der Waals surface area contributed by atoms with Crippen LogP contribution >= 0.6 is 0 Å². The van der Waals surface area contributed by atoms with Gasteiger partial charge >= 0.3 is 0 Å². The van der Waals surface area contributed by atoms with Crippen molar-refractivity contribution in [3.63, 3.8) is 0 Å². The van der Waals surface area contributed by atoms with Crippen LogP contribution in [-0.4, -0.2) is 11.9 Å². The molecule has 0 aliphatic heterocycles. The molecule has 3 nitrogen and oxygen atoms in total. The quantitative estimate of drug-likeness (QED) is 0.810. The molecule has 1 amide bonds. The molecular weight excluding hydrogens is 248 g/mol. The van der Waals surface area contributed by atoms with Crippen molar-refractivity contribution >= 4 is 11.6 Å². The minimum Gasteiger partial charge on any atom is -0.399 e. The number of hydrogen-bond donors (Lipinski definition) is 2. The number of hydrogen-bond acceptors (Lipinski definition) is 2. The third-order valence-electron chi connectivity index (χ3n) is 4.34. The lowest BCUT2D eigenvalue weighted by atomic mass is 9.84. The molecule has 1 atom stereocenters. The highest BCUT2D eigenvalue weighted by Gasteiger charge is 2.21. The Hall–Kier alpha value is -1.51. The van der Waals surface area contributed by atoms with Crippen molar-refractivity contribution in [3.8, 4) is 0 Å². The van der Waals surface area contributed by atoms with Crippen molar-refractivity contribution in [2.75, 3.05) is 5.73 Å². The molecule has 1 aliphatic carbocycles. The van der Waals surface area contributed by atoms with Gasteiger partial charge in [-0.2, -0.15) is 0 Å². The molecule has 2 rings (SSSR count). The van der Waals surface area contributed by atoms with E-state index in [1.54, 1.807) is 0 Å². The number of nitrogen functional groups attached to an aromatic ring is 1. The second kappa shape index (κ2) is 7.32. The monoisotopic (exact) mass is 274 g/mol. The lowest BCUT2D eigenvalue weighted by Crippen LogP contribution is -2.38. The minimum absolute atomic E-state index is 0.158. The Morgan fingerprint density at radius 1 is 1.35 bits per heavy atom. The largest absolute Gasteiger partial charge is 0.399 e. The molecule has 1 aromatic rings. The number of carbonyl (C=O) groups excluding carboxylic acids is 1. The smallest absolute Gasteiger partial charge is 0.220 e. The van der Waals surface area contributed by atoms with Gasteiger partial charge in [0.2, 0.25) is 5.91 Å². The Bertz CT molecular complexity index is 438. The molecule has 1 aliphatic rings. The van der Waals surface area contributed by atoms with E-state index < -0.39 is 0 Å². The average molecular weight is 274 g/mol. The first-order valence-electron chi connectivity index (χ1n) is 7.79. The van der Waals surface area contributed by atoms with Crippen molar-refractivity contribution in [2.45, 2.75) is 57.9 Å². The predicted octanol–water partition coefficient (Wildman–Crippen LogP) is 3.29. The van der Waals surface area contributed by atoms with Crippen LogP contribution in [0.3, 0.4) is 0 Å². The zero-order valence-electron chi connectivity index (χ0n) is 12.4. The van der Waals surface area contributed by atoms with Crippen LogP contribution in [0.1, 0.15) is 51.0 Å². The molecule has 1 aromatic carbocycles. The van der Waals surface area contributed by atoms with Gasteiger partial charge in [0.1, 0.15) is 0 Å². The van der Waals surface area contributed by atoms with E-state index in [9.17, 15) is 4.79 Å². The topological polar surface area (TPSA) is 55.1 Å². The summed E-state index contributed by atoms with van der Waals surface area (Å²) in [4.78, 5) is 12.0. The summed E-state index contributed by atoms with van der Waals surface area (Å²) in [6.07, 6.45) is 7.80. The molecule has 0 radical (unpaired) electrons. The molecule has 0 spiro atoms. The summed E-state index contributed by atoms with van der Waals surface area (Å²) >= 11 is 0. The predicted molar refractivity (Wildman–Crippen MR) is 83.4 cm³/mol. The molecule has 110 valence electrons. The third kappa shape index (κ3) is 4.55. The Morgan fingerprint density at radius 3 is 2.80 bits per heavy atom.